The number of hydrogen-bond acceptors (Lipinski definition) is 5. The standard InChI is InChI=1S/C13H12F3O5P/c1-3-19-22(2,18)21-8-4-5-9-10(13(14,15)16)7-12(17)20-11(9)6-8/h4-7H,3H2,1-2H3. The molecular formula is C13H12F3O5P. The van der Waals surface area contributed by atoms with Crippen LogP contribution in [-0.2, 0) is 15.3 Å². The number of benzene rings is 1. The highest BCUT2D eigenvalue weighted by Crippen LogP contribution is 2.45. The molecule has 0 aliphatic heterocycles. The summed E-state index contributed by atoms with van der Waals surface area (Å²) in [6.07, 6.45) is -4.69. The second kappa shape index (κ2) is 5.78. The third-order valence-electron chi connectivity index (χ3n) is 2.66. The second-order valence-corrected chi connectivity index (χ2v) is 6.40. The van der Waals surface area contributed by atoms with Crippen molar-refractivity contribution in [2.45, 2.75) is 13.1 Å². The van der Waals surface area contributed by atoms with Crippen LogP contribution in [0.4, 0.5) is 13.2 Å². The Balaban J connectivity index is 2.52. The molecular weight excluding hydrogens is 324 g/mol. The van der Waals surface area contributed by atoms with E-state index < -0.39 is 25.0 Å². The number of rotatable bonds is 4. The summed E-state index contributed by atoms with van der Waals surface area (Å²) in [6, 6.07) is 3.74. The van der Waals surface area contributed by atoms with Crippen molar-refractivity contribution < 1.29 is 31.2 Å². The summed E-state index contributed by atoms with van der Waals surface area (Å²) in [7, 11) is -3.39. The van der Waals surface area contributed by atoms with Crippen LogP contribution in [0, 0.1) is 0 Å². The molecule has 120 valence electrons. The molecule has 2 aromatic rings. The summed E-state index contributed by atoms with van der Waals surface area (Å²) >= 11 is 0. The zero-order chi connectivity index (χ0) is 16.5. The molecule has 1 aromatic heterocycles. The Morgan fingerprint density at radius 2 is 1.95 bits per heavy atom. The van der Waals surface area contributed by atoms with E-state index in [0.29, 0.717) is 6.07 Å². The zero-order valence-electron chi connectivity index (χ0n) is 11.6. The third-order valence-corrected chi connectivity index (χ3v) is 3.93. The van der Waals surface area contributed by atoms with E-state index in [4.69, 9.17) is 13.5 Å². The lowest BCUT2D eigenvalue weighted by Crippen LogP contribution is -2.11. The van der Waals surface area contributed by atoms with Crippen molar-refractivity contribution >= 4 is 18.6 Å². The number of alkyl halides is 3. The van der Waals surface area contributed by atoms with E-state index in [9.17, 15) is 22.5 Å². The minimum atomic E-state index is -4.69. The van der Waals surface area contributed by atoms with Crippen molar-refractivity contribution in [3.8, 4) is 5.75 Å². The fourth-order valence-electron chi connectivity index (χ4n) is 1.89. The van der Waals surface area contributed by atoms with Crippen molar-refractivity contribution in [3.63, 3.8) is 0 Å². The lowest BCUT2D eigenvalue weighted by molar-refractivity contribution is -0.136. The zero-order valence-corrected chi connectivity index (χ0v) is 12.5. The van der Waals surface area contributed by atoms with Crippen LogP contribution in [0.25, 0.3) is 11.0 Å². The van der Waals surface area contributed by atoms with Gasteiger partial charge in [-0.25, -0.2) is 9.36 Å². The van der Waals surface area contributed by atoms with Gasteiger partial charge in [0.2, 0.25) is 0 Å². The van der Waals surface area contributed by atoms with Crippen LogP contribution >= 0.6 is 7.60 Å². The van der Waals surface area contributed by atoms with Gasteiger partial charge >= 0.3 is 19.4 Å². The molecule has 5 nitrogen and oxygen atoms in total. The minimum absolute atomic E-state index is 0.0192. The Morgan fingerprint density at radius 1 is 1.27 bits per heavy atom. The van der Waals surface area contributed by atoms with Gasteiger partial charge in [-0.2, -0.15) is 13.2 Å². The van der Waals surface area contributed by atoms with Crippen molar-refractivity contribution in [2.75, 3.05) is 13.3 Å². The Labute approximate surface area is 123 Å². The topological polar surface area (TPSA) is 65.7 Å². The maximum absolute atomic E-state index is 12.9. The molecule has 0 N–H and O–H groups in total. The van der Waals surface area contributed by atoms with Gasteiger partial charge in [0.15, 0.2) is 0 Å². The molecule has 0 saturated heterocycles. The van der Waals surface area contributed by atoms with E-state index >= 15 is 0 Å². The van der Waals surface area contributed by atoms with Crippen LogP contribution < -0.4 is 10.1 Å². The maximum atomic E-state index is 12.9. The molecule has 0 spiro atoms. The molecule has 9 heteroatoms. The van der Waals surface area contributed by atoms with Gasteiger partial charge in [0.25, 0.3) is 0 Å². The number of fused-ring (bicyclic) bond motifs is 1. The normalized spacial score (nSPS) is 14.8. The predicted octanol–water partition coefficient (Wildman–Crippen LogP) is 4.05. The molecule has 1 aromatic carbocycles. The van der Waals surface area contributed by atoms with E-state index in [1.165, 1.54) is 12.7 Å². The molecule has 1 atom stereocenters. The van der Waals surface area contributed by atoms with Gasteiger partial charge in [0.05, 0.1) is 12.2 Å². The monoisotopic (exact) mass is 336 g/mol. The largest absolute Gasteiger partial charge is 0.424 e. The van der Waals surface area contributed by atoms with E-state index in [1.807, 2.05) is 0 Å². The van der Waals surface area contributed by atoms with Crippen LogP contribution in [0.2, 0.25) is 0 Å². The smallest absolute Gasteiger partial charge is 0.417 e. The van der Waals surface area contributed by atoms with Gasteiger partial charge in [0.1, 0.15) is 11.3 Å². The van der Waals surface area contributed by atoms with Crippen LogP contribution in [0.1, 0.15) is 12.5 Å². The van der Waals surface area contributed by atoms with Crippen molar-refractivity contribution in [2.24, 2.45) is 0 Å². The molecule has 0 radical (unpaired) electrons. The van der Waals surface area contributed by atoms with E-state index in [-0.39, 0.29) is 23.3 Å². The SMILES string of the molecule is CCOP(C)(=O)Oc1ccc2c(C(F)(F)F)cc(=O)oc2c1. The van der Waals surface area contributed by atoms with Crippen molar-refractivity contribution in [1.29, 1.82) is 0 Å². The van der Waals surface area contributed by atoms with Crippen molar-refractivity contribution in [3.05, 3.63) is 40.2 Å². The van der Waals surface area contributed by atoms with Crippen LogP contribution in [-0.4, -0.2) is 13.3 Å². The average molecular weight is 336 g/mol. The Bertz CT molecular complexity index is 796. The molecule has 0 aliphatic rings. The predicted molar refractivity (Wildman–Crippen MR) is 73.3 cm³/mol. The summed E-state index contributed by atoms with van der Waals surface area (Å²) in [5, 5.41) is -0.290. The molecule has 0 bridgehead atoms. The summed E-state index contributed by atoms with van der Waals surface area (Å²) in [5.41, 5.74) is -2.55. The lowest BCUT2D eigenvalue weighted by atomic mass is 10.1. The van der Waals surface area contributed by atoms with Crippen LogP contribution in [0.3, 0.4) is 0 Å². The van der Waals surface area contributed by atoms with Gasteiger partial charge in [-0.05, 0) is 19.1 Å². The Kier molecular flexibility index (Phi) is 4.35. The highest BCUT2D eigenvalue weighted by Gasteiger charge is 2.34. The molecule has 0 aliphatic carbocycles. The van der Waals surface area contributed by atoms with Gasteiger partial charge in [0, 0.05) is 24.2 Å². The van der Waals surface area contributed by atoms with E-state index in [2.05, 4.69) is 0 Å². The van der Waals surface area contributed by atoms with Crippen LogP contribution in [0.5, 0.6) is 5.75 Å². The molecule has 22 heavy (non-hydrogen) atoms. The number of hydrogen-bond donors (Lipinski definition) is 0. The lowest BCUT2D eigenvalue weighted by Gasteiger charge is -2.15. The number of halogens is 3. The first kappa shape index (κ1) is 16.6. The molecule has 2 rings (SSSR count). The summed E-state index contributed by atoms with van der Waals surface area (Å²) in [4.78, 5) is 11.3. The second-order valence-electron chi connectivity index (χ2n) is 4.42. The van der Waals surface area contributed by atoms with Gasteiger partial charge in [-0.1, -0.05) is 0 Å². The van der Waals surface area contributed by atoms with E-state index in [0.717, 1.165) is 12.1 Å². The average Bonchev–Trinajstić information content (AvgIpc) is 2.35. The van der Waals surface area contributed by atoms with Gasteiger partial charge in [-0.15, -0.1) is 0 Å². The summed E-state index contributed by atoms with van der Waals surface area (Å²) in [6.45, 7) is 2.99. The molecule has 0 amide bonds. The first-order valence-corrected chi connectivity index (χ1v) is 8.18. The first-order valence-electron chi connectivity index (χ1n) is 6.19. The molecule has 0 saturated carbocycles. The Hall–Kier alpha value is -1.79. The highest BCUT2D eigenvalue weighted by molar-refractivity contribution is 7.53. The summed E-state index contributed by atoms with van der Waals surface area (Å²) < 4.78 is 65.3. The highest BCUT2D eigenvalue weighted by atomic mass is 31.2. The van der Waals surface area contributed by atoms with Gasteiger partial charge in [-0.3, -0.25) is 0 Å². The molecule has 0 fully saturated rings. The fourth-order valence-corrected chi connectivity index (χ4v) is 2.90. The minimum Gasteiger partial charge on any atom is -0.424 e. The van der Waals surface area contributed by atoms with Gasteiger partial charge < -0.3 is 13.5 Å². The quantitative estimate of drug-likeness (QED) is 0.622. The maximum Gasteiger partial charge on any atom is 0.417 e. The molecule has 1 unspecified atom stereocenters. The molecule has 1 heterocycles. The van der Waals surface area contributed by atoms with Crippen molar-refractivity contribution in [1.82, 2.24) is 0 Å². The fraction of sp³-hybridized carbons (Fsp3) is 0.308. The third kappa shape index (κ3) is 3.69. The van der Waals surface area contributed by atoms with E-state index in [1.54, 1.807) is 6.92 Å². The summed E-state index contributed by atoms with van der Waals surface area (Å²) in [5.74, 6) is -0.0192. The van der Waals surface area contributed by atoms with Crippen LogP contribution in [0.15, 0.2) is 33.5 Å². The Morgan fingerprint density at radius 3 is 2.55 bits per heavy atom. The first-order chi connectivity index (χ1) is 10.1.